The predicted octanol–water partition coefficient (Wildman–Crippen LogP) is 6.03. The van der Waals surface area contributed by atoms with Crippen LogP contribution in [0.3, 0.4) is 0 Å². The first-order valence-corrected chi connectivity index (χ1v) is 11.7. The quantitative estimate of drug-likeness (QED) is 0.151. The van der Waals surface area contributed by atoms with Crippen LogP contribution >= 0.6 is 0 Å². The van der Waals surface area contributed by atoms with Gasteiger partial charge in [-0.15, -0.1) is 0 Å². The summed E-state index contributed by atoms with van der Waals surface area (Å²) >= 11 is 0. The van der Waals surface area contributed by atoms with Gasteiger partial charge in [-0.1, -0.05) is 68.4 Å². The monoisotopic (exact) mass is 481 g/mol. The zero-order chi connectivity index (χ0) is 25.7. The van der Waals surface area contributed by atoms with E-state index in [4.69, 9.17) is 9.15 Å². The fourth-order valence-corrected chi connectivity index (χ4v) is 3.72. The molecule has 36 heavy (non-hydrogen) atoms. The van der Waals surface area contributed by atoms with Crippen LogP contribution in [0, 0.1) is 0 Å². The molecule has 1 unspecified atom stereocenters. The molecule has 0 radical (unpaired) electrons. The summed E-state index contributed by atoms with van der Waals surface area (Å²) < 4.78 is 10.7. The van der Waals surface area contributed by atoms with E-state index in [1.54, 1.807) is 18.2 Å². The van der Waals surface area contributed by atoms with Crippen molar-refractivity contribution in [1.29, 1.82) is 0 Å². The summed E-state index contributed by atoms with van der Waals surface area (Å²) in [5.74, 6) is -0.422. The number of hydrogen-bond donors (Lipinski definition) is 1. The van der Waals surface area contributed by atoms with Gasteiger partial charge >= 0.3 is 11.6 Å². The van der Waals surface area contributed by atoms with E-state index in [1.807, 2.05) is 61.5 Å². The fraction of sp³-hybridized carbons (Fsp3) is 0.167. The summed E-state index contributed by atoms with van der Waals surface area (Å²) in [5.41, 5.74) is 2.37. The molecule has 0 aliphatic carbocycles. The lowest BCUT2D eigenvalue weighted by atomic mass is 10.0. The molecule has 0 saturated heterocycles. The van der Waals surface area contributed by atoms with Crippen LogP contribution in [0.5, 0.6) is 5.75 Å². The molecule has 3 aromatic carbocycles. The number of rotatable bonds is 7. The lowest BCUT2D eigenvalue weighted by Crippen LogP contribution is -2.30. The zero-order valence-corrected chi connectivity index (χ0v) is 20.4. The van der Waals surface area contributed by atoms with E-state index in [2.05, 4.69) is 19.2 Å². The molecule has 1 amide bonds. The van der Waals surface area contributed by atoms with Gasteiger partial charge in [0.25, 0.3) is 5.91 Å². The first-order chi connectivity index (χ1) is 17.3. The standard InChI is InChI=1S/C30H27NO5/c1-19(2)22-12-9-21(10-13-22)11-16-28(32)35-25-15-14-24-17-26(30(34)36-27(24)18-25)29(33)31-20(3)23-7-5-4-6-8-23/h4-20H,1-3H3,(H,31,33)/b16-11+. The third-order valence-corrected chi connectivity index (χ3v) is 5.83. The lowest BCUT2D eigenvalue weighted by molar-refractivity contribution is -0.128. The molecule has 0 bridgehead atoms. The Kier molecular flexibility index (Phi) is 7.44. The molecule has 0 saturated carbocycles. The molecule has 182 valence electrons. The second kappa shape index (κ2) is 10.9. The van der Waals surface area contributed by atoms with E-state index < -0.39 is 17.5 Å². The highest BCUT2D eigenvalue weighted by Gasteiger charge is 2.17. The van der Waals surface area contributed by atoms with Gasteiger partial charge in [0.05, 0.1) is 6.04 Å². The van der Waals surface area contributed by atoms with Crippen molar-refractivity contribution in [1.82, 2.24) is 5.32 Å². The number of hydrogen-bond acceptors (Lipinski definition) is 5. The largest absolute Gasteiger partial charge is 0.423 e. The van der Waals surface area contributed by atoms with Crippen molar-refractivity contribution >= 4 is 28.9 Å². The highest BCUT2D eigenvalue weighted by Crippen LogP contribution is 2.22. The molecular weight excluding hydrogens is 454 g/mol. The Hall–Kier alpha value is -4.45. The number of benzene rings is 3. The molecule has 0 spiro atoms. The van der Waals surface area contributed by atoms with Crippen molar-refractivity contribution in [2.75, 3.05) is 0 Å². The van der Waals surface area contributed by atoms with Gasteiger partial charge in [-0.25, -0.2) is 9.59 Å². The summed E-state index contributed by atoms with van der Waals surface area (Å²) in [7, 11) is 0. The molecule has 4 aromatic rings. The van der Waals surface area contributed by atoms with E-state index in [-0.39, 0.29) is 22.9 Å². The molecule has 0 aliphatic heterocycles. The second-order valence-electron chi connectivity index (χ2n) is 8.83. The van der Waals surface area contributed by atoms with Crippen molar-refractivity contribution < 1.29 is 18.7 Å². The normalized spacial score (nSPS) is 12.1. The Morgan fingerprint density at radius 2 is 1.61 bits per heavy atom. The van der Waals surface area contributed by atoms with E-state index in [9.17, 15) is 14.4 Å². The van der Waals surface area contributed by atoms with Gasteiger partial charge in [-0.2, -0.15) is 0 Å². The van der Waals surface area contributed by atoms with Gasteiger partial charge in [0.2, 0.25) is 0 Å². The molecular formula is C30H27NO5. The lowest BCUT2D eigenvalue weighted by Gasteiger charge is -2.14. The van der Waals surface area contributed by atoms with Crippen LogP contribution in [0.4, 0.5) is 0 Å². The number of amides is 1. The number of esters is 1. The highest BCUT2D eigenvalue weighted by molar-refractivity contribution is 5.97. The maximum absolute atomic E-state index is 12.7. The minimum atomic E-state index is -0.770. The molecule has 0 fully saturated rings. The topological polar surface area (TPSA) is 85.6 Å². The van der Waals surface area contributed by atoms with Crippen LogP contribution in [0.1, 0.15) is 59.8 Å². The minimum Gasteiger partial charge on any atom is -0.423 e. The average molecular weight is 482 g/mol. The van der Waals surface area contributed by atoms with Crippen molar-refractivity contribution in [2.24, 2.45) is 0 Å². The highest BCUT2D eigenvalue weighted by atomic mass is 16.5. The van der Waals surface area contributed by atoms with Gasteiger partial charge in [-0.3, -0.25) is 4.79 Å². The molecule has 6 heteroatoms. The zero-order valence-electron chi connectivity index (χ0n) is 20.4. The van der Waals surface area contributed by atoms with Gasteiger partial charge in [0.1, 0.15) is 16.9 Å². The number of fused-ring (bicyclic) bond motifs is 1. The fourth-order valence-electron chi connectivity index (χ4n) is 3.72. The molecule has 1 N–H and O–H groups in total. The van der Waals surface area contributed by atoms with Gasteiger partial charge in [0.15, 0.2) is 0 Å². The first kappa shape index (κ1) is 24.7. The van der Waals surface area contributed by atoms with Crippen LogP contribution < -0.4 is 15.7 Å². The molecule has 1 aromatic heterocycles. The Bertz CT molecular complexity index is 1470. The van der Waals surface area contributed by atoms with Gasteiger partial charge in [-0.05, 0) is 53.8 Å². The van der Waals surface area contributed by atoms with Crippen molar-refractivity contribution in [3.05, 3.63) is 118 Å². The third-order valence-electron chi connectivity index (χ3n) is 5.83. The van der Waals surface area contributed by atoms with Gasteiger partial charge in [0, 0.05) is 17.5 Å². The number of nitrogens with one attached hydrogen (secondary N) is 1. The predicted molar refractivity (Wildman–Crippen MR) is 140 cm³/mol. The SMILES string of the molecule is CC(C)c1ccc(/C=C/C(=O)Oc2ccc3cc(C(=O)NC(C)c4ccccc4)c(=O)oc3c2)cc1. The van der Waals surface area contributed by atoms with Crippen molar-refractivity contribution in [2.45, 2.75) is 32.7 Å². The average Bonchev–Trinajstić information content (AvgIpc) is 2.87. The Morgan fingerprint density at radius 1 is 0.889 bits per heavy atom. The van der Waals surface area contributed by atoms with Crippen LogP contribution in [0.15, 0.2) is 94.2 Å². The van der Waals surface area contributed by atoms with E-state index in [1.165, 1.54) is 23.8 Å². The Labute approximate surface area is 209 Å². The molecule has 4 rings (SSSR count). The van der Waals surface area contributed by atoms with Crippen LogP contribution in [-0.4, -0.2) is 11.9 Å². The Morgan fingerprint density at radius 3 is 2.31 bits per heavy atom. The first-order valence-electron chi connectivity index (χ1n) is 11.7. The Balaban J connectivity index is 1.45. The van der Waals surface area contributed by atoms with E-state index >= 15 is 0 Å². The summed E-state index contributed by atoms with van der Waals surface area (Å²) in [6.45, 7) is 6.08. The number of carbonyl (C=O) groups excluding carboxylic acids is 2. The number of ether oxygens (including phenoxy) is 1. The molecule has 6 nitrogen and oxygen atoms in total. The van der Waals surface area contributed by atoms with Crippen molar-refractivity contribution in [3.63, 3.8) is 0 Å². The molecule has 1 heterocycles. The summed E-state index contributed by atoms with van der Waals surface area (Å²) in [5, 5.41) is 3.35. The number of carbonyl (C=O) groups is 2. The summed E-state index contributed by atoms with van der Waals surface area (Å²) in [4.78, 5) is 37.5. The van der Waals surface area contributed by atoms with E-state index in [0.717, 1.165) is 11.1 Å². The van der Waals surface area contributed by atoms with E-state index in [0.29, 0.717) is 11.3 Å². The molecule has 1 atom stereocenters. The minimum absolute atomic E-state index is 0.0959. The van der Waals surface area contributed by atoms with Crippen LogP contribution in [0.2, 0.25) is 0 Å². The maximum atomic E-state index is 12.7. The van der Waals surface area contributed by atoms with Crippen LogP contribution in [0.25, 0.3) is 17.0 Å². The maximum Gasteiger partial charge on any atom is 0.349 e. The molecule has 0 aliphatic rings. The van der Waals surface area contributed by atoms with Crippen LogP contribution in [-0.2, 0) is 4.79 Å². The summed E-state index contributed by atoms with van der Waals surface area (Å²) in [6, 6.07) is 23.2. The summed E-state index contributed by atoms with van der Waals surface area (Å²) in [6.07, 6.45) is 3.01. The second-order valence-corrected chi connectivity index (χ2v) is 8.83. The van der Waals surface area contributed by atoms with Gasteiger partial charge < -0.3 is 14.5 Å². The van der Waals surface area contributed by atoms with Crippen molar-refractivity contribution in [3.8, 4) is 5.75 Å². The third kappa shape index (κ3) is 5.96. The smallest absolute Gasteiger partial charge is 0.349 e.